The molecule has 3 aromatic rings. The topological polar surface area (TPSA) is 93.8 Å². The van der Waals surface area contributed by atoms with E-state index in [0.717, 1.165) is 24.2 Å². The van der Waals surface area contributed by atoms with Gasteiger partial charge in [-0.1, -0.05) is 42.5 Å². The second kappa shape index (κ2) is 9.09. The number of benzene rings is 2. The molecule has 1 aliphatic rings. The number of hydrogen-bond acceptors (Lipinski definition) is 6. The molecule has 6 nitrogen and oxygen atoms in total. The van der Waals surface area contributed by atoms with Gasteiger partial charge in [0, 0.05) is 6.20 Å². The minimum atomic E-state index is -0.152. The predicted octanol–water partition coefficient (Wildman–Crippen LogP) is 3.57. The number of anilines is 1. The van der Waals surface area contributed by atoms with Gasteiger partial charge in [-0.15, -0.1) is 0 Å². The lowest BCUT2D eigenvalue weighted by atomic mass is 9.99. The largest absolute Gasteiger partial charge is 0.469 e. The number of aromatic nitrogens is 1. The van der Waals surface area contributed by atoms with E-state index in [1.54, 1.807) is 6.07 Å². The van der Waals surface area contributed by atoms with Crippen LogP contribution in [-0.2, 0) is 6.42 Å². The minimum absolute atomic E-state index is 0.0253. The molecule has 2 atom stereocenters. The Labute approximate surface area is 175 Å². The third-order valence-corrected chi connectivity index (χ3v) is 5.13. The van der Waals surface area contributed by atoms with E-state index in [-0.39, 0.29) is 12.1 Å². The van der Waals surface area contributed by atoms with Crippen molar-refractivity contribution in [2.45, 2.75) is 18.6 Å². The first-order chi connectivity index (χ1) is 14.8. The van der Waals surface area contributed by atoms with E-state index in [4.69, 9.17) is 15.3 Å². The first-order valence-electron chi connectivity index (χ1n) is 9.85. The molecule has 0 fully saturated rings. The number of nitrogens with zero attached hydrogens (tertiary/aromatic N) is 3. The number of pyridine rings is 1. The molecule has 6 heteroatoms. The summed E-state index contributed by atoms with van der Waals surface area (Å²) in [5.74, 6) is 0.514. The van der Waals surface area contributed by atoms with E-state index in [0.29, 0.717) is 23.6 Å². The molecule has 0 saturated heterocycles. The Morgan fingerprint density at radius 3 is 2.57 bits per heavy atom. The van der Waals surface area contributed by atoms with Gasteiger partial charge >= 0.3 is 0 Å². The maximum atomic E-state index is 9.06. The maximum absolute atomic E-state index is 9.06. The number of nitrogens with one attached hydrogen (secondary N) is 2. The van der Waals surface area contributed by atoms with Crippen LogP contribution >= 0.6 is 0 Å². The Morgan fingerprint density at radius 1 is 1.07 bits per heavy atom. The van der Waals surface area contributed by atoms with Crippen molar-refractivity contribution >= 4 is 5.69 Å². The summed E-state index contributed by atoms with van der Waals surface area (Å²) in [6.07, 6.45) is 2.22. The Balaban J connectivity index is 1.47. The van der Waals surface area contributed by atoms with Crippen LogP contribution in [0, 0.1) is 22.7 Å². The fourth-order valence-electron chi connectivity index (χ4n) is 3.56. The number of hydrogen-bond donors (Lipinski definition) is 2. The lowest BCUT2D eigenvalue weighted by Gasteiger charge is -2.33. The molecule has 0 unspecified atom stereocenters. The molecule has 2 N–H and O–H groups in total. The van der Waals surface area contributed by atoms with Crippen LogP contribution in [-0.4, -0.2) is 24.2 Å². The van der Waals surface area contributed by atoms with Gasteiger partial charge in [-0.25, -0.2) is 4.98 Å². The summed E-state index contributed by atoms with van der Waals surface area (Å²) in [6, 6.07) is 23.9. The average molecular weight is 395 g/mol. The summed E-state index contributed by atoms with van der Waals surface area (Å²) in [7, 11) is 0. The van der Waals surface area contributed by atoms with Crippen molar-refractivity contribution < 1.29 is 4.74 Å². The van der Waals surface area contributed by atoms with E-state index in [1.165, 1.54) is 11.8 Å². The monoisotopic (exact) mass is 395 g/mol. The molecule has 0 bridgehead atoms. The van der Waals surface area contributed by atoms with E-state index in [9.17, 15) is 0 Å². The molecule has 0 radical (unpaired) electrons. The van der Waals surface area contributed by atoms with Crippen molar-refractivity contribution in [3.8, 4) is 18.0 Å². The summed E-state index contributed by atoms with van der Waals surface area (Å²) >= 11 is 0. The highest BCUT2D eigenvalue weighted by Crippen LogP contribution is 2.31. The zero-order valence-electron chi connectivity index (χ0n) is 16.4. The number of nitriles is 2. The van der Waals surface area contributed by atoms with Gasteiger partial charge < -0.3 is 15.4 Å². The predicted molar refractivity (Wildman–Crippen MR) is 114 cm³/mol. The smallest absolute Gasteiger partial charge is 0.237 e. The summed E-state index contributed by atoms with van der Waals surface area (Å²) in [5, 5.41) is 25.0. The van der Waals surface area contributed by atoms with Crippen LogP contribution in [0.3, 0.4) is 0 Å². The Bertz CT molecular complexity index is 1080. The van der Waals surface area contributed by atoms with Crippen LogP contribution in [0.1, 0.15) is 28.3 Å². The SMILES string of the molecule is N#Cc1ccc(CCN[C@H](c2ccccc2)[C@@H]2CNc3cc(C#N)cnc3O2)cc1. The van der Waals surface area contributed by atoms with Crippen LogP contribution < -0.4 is 15.4 Å². The van der Waals surface area contributed by atoms with Gasteiger partial charge in [0.1, 0.15) is 12.2 Å². The second-order valence-corrected chi connectivity index (χ2v) is 7.13. The summed E-state index contributed by atoms with van der Waals surface area (Å²) < 4.78 is 6.20. The molecule has 0 amide bonds. The Hall–Kier alpha value is -3.87. The highest BCUT2D eigenvalue weighted by molar-refractivity contribution is 5.57. The summed E-state index contributed by atoms with van der Waals surface area (Å²) in [5.41, 5.74) is 4.23. The first-order valence-corrected chi connectivity index (χ1v) is 9.85. The van der Waals surface area contributed by atoms with Crippen molar-refractivity contribution in [3.05, 3.63) is 89.1 Å². The zero-order valence-corrected chi connectivity index (χ0v) is 16.4. The summed E-state index contributed by atoms with van der Waals surface area (Å²) in [4.78, 5) is 4.30. The van der Waals surface area contributed by atoms with Crippen LogP contribution in [0.15, 0.2) is 66.9 Å². The number of fused-ring (bicyclic) bond motifs is 1. The molecule has 0 spiro atoms. The molecule has 148 valence electrons. The maximum Gasteiger partial charge on any atom is 0.237 e. The van der Waals surface area contributed by atoms with Gasteiger partial charge in [0.25, 0.3) is 0 Å². The zero-order chi connectivity index (χ0) is 20.8. The van der Waals surface area contributed by atoms with Gasteiger partial charge in [-0.2, -0.15) is 10.5 Å². The van der Waals surface area contributed by atoms with Crippen molar-refractivity contribution in [2.75, 3.05) is 18.4 Å². The van der Waals surface area contributed by atoms with Gasteiger partial charge in [0.2, 0.25) is 5.88 Å². The molecule has 1 aromatic heterocycles. The fourth-order valence-corrected chi connectivity index (χ4v) is 3.56. The molecule has 2 aromatic carbocycles. The molecular weight excluding hydrogens is 374 g/mol. The standard InChI is InChI=1S/C24H21N5O/c25-13-18-8-6-17(7-9-18)10-11-27-23(20-4-2-1-3-5-20)22-16-28-21-12-19(14-26)15-29-24(21)30-22/h1-9,12,15,22-23,27-28H,10-11,16H2/t22-,23+/m0/s1. The minimum Gasteiger partial charge on any atom is -0.469 e. The van der Waals surface area contributed by atoms with Crippen LogP contribution in [0.25, 0.3) is 0 Å². The average Bonchev–Trinajstić information content (AvgIpc) is 2.82. The number of ether oxygens (including phenoxy) is 1. The van der Waals surface area contributed by atoms with Crippen molar-refractivity contribution in [1.29, 1.82) is 10.5 Å². The first kappa shape index (κ1) is 19.4. The molecule has 2 heterocycles. The van der Waals surface area contributed by atoms with Crippen molar-refractivity contribution in [2.24, 2.45) is 0 Å². The van der Waals surface area contributed by atoms with E-state index < -0.39 is 0 Å². The molecule has 4 rings (SSSR count). The van der Waals surface area contributed by atoms with Crippen molar-refractivity contribution in [3.63, 3.8) is 0 Å². The lowest BCUT2D eigenvalue weighted by Crippen LogP contribution is -2.43. The molecule has 0 aliphatic carbocycles. The van der Waals surface area contributed by atoms with E-state index in [2.05, 4.69) is 39.9 Å². The second-order valence-electron chi connectivity index (χ2n) is 7.13. The molecular formula is C24H21N5O. The lowest BCUT2D eigenvalue weighted by molar-refractivity contribution is 0.150. The Morgan fingerprint density at radius 2 is 1.83 bits per heavy atom. The van der Waals surface area contributed by atoms with E-state index >= 15 is 0 Å². The normalized spacial score (nSPS) is 15.6. The van der Waals surface area contributed by atoms with Crippen LogP contribution in [0.4, 0.5) is 5.69 Å². The van der Waals surface area contributed by atoms with E-state index in [1.807, 2.05) is 42.5 Å². The van der Waals surface area contributed by atoms with Gasteiger partial charge in [-0.05, 0) is 42.3 Å². The van der Waals surface area contributed by atoms with Crippen molar-refractivity contribution in [1.82, 2.24) is 10.3 Å². The van der Waals surface area contributed by atoms with Gasteiger partial charge in [0.15, 0.2) is 0 Å². The van der Waals surface area contributed by atoms with Crippen LogP contribution in [0.5, 0.6) is 5.88 Å². The van der Waals surface area contributed by atoms with Gasteiger partial charge in [-0.3, -0.25) is 0 Å². The molecule has 1 aliphatic heterocycles. The quantitative estimate of drug-likeness (QED) is 0.663. The summed E-state index contributed by atoms with van der Waals surface area (Å²) in [6.45, 7) is 1.37. The third-order valence-electron chi connectivity index (χ3n) is 5.13. The Kier molecular flexibility index (Phi) is 5.89. The number of rotatable bonds is 6. The van der Waals surface area contributed by atoms with Gasteiger partial charge in [0.05, 0.1) is 35.5 Å². The fraction of sp³-hybridized carbons (Fsp3) is 0.208. The highest BCUT2D eigenvalue weighted by Gasteiger charge is 2.29. The highest BCUT2D eigenvalue weighted by atomic mass is 16.5. The van der Waals surface area contributed by atoms with Crippen LogP contribution in [0.2, 0.25) is 0 Å². The molecule has 0 saturated carbocycles. The molecule has 30 heavy (non-hydrogen) atoms. The third kappa shape index (κ3) is 4.41.